The van der Waals surface area contributed by atoms with Crippen LogP contribution >= 0.6 is 0 Å². The van der Waals surface area contributed by atoms with Crippen LogP contribution in [0.4, 0.5) is 4.39 Å². The number of nitrogens with zero attached hydrogens (tertiary/aromatic N) is 1. The van der Waals surface area contributed by atoms with Crippen molar-refractivity contribution in [2.24, 2.45) is 0 Å². The van der Waals surface area contributed by atoms with Crippen LogP contribution in [0.15, 0.2) is 60.8 Å². The summed E-state index contributed by atoms with van der Waals surface area (Å²) in [5.41, 5.74) is 1.98. The number of aromatic nitrogens is 1. The third-order valence-electron chi connectivity index (χ3n) is 3.10. The van der Waals surface area contributed by atoms with Gasteiger partial charge in [-0.2, -0.15) is 0 Å². The molecule has 3 aromatic rings. The Labute approximate surface area is 111 Å². The minimum Gasteiger partial charge on any atom is -0.356 e. The molecule has 3 rings (SSSR count). The Morgan fingerprint density at radius 3 is 2.63 bits per heavy atom. The molecule has 0 fully saturated rings. The van der Waals surface area contributed by atoms with Gasteiger partial charge in [0.1, 0.15) is 12.5 Å². The number of hydrogen-bond donors (Lipinski definition) is 0. The van der Waals surface area contributed by atoms with Crippen LogP contribution in [0, 0.1) is 5.82 Å². The van der Waals surface area contributed by atoms with Crippen molar-refractivity contribution in [1.82, 2.24) is 4.57 Å². The van der Waals surface area contributed by atoms with E-state index in [2.05, 4.69) is 0 Å². The fourth-order valence-electron chi connectivity index (χ4n) is 2.13. The maximum atomic E-state index is 13.5. The SMILES string of the molecule is Fc1cccc2c1ccn2COCc1ccccc1. The summed E-state index contributed by atoms with van der Waals surface area (Å²) in [4.78, 5) is 0. The quantitative estimate of drug-likeness (QED) is 0.688. The molecule has 1 aromatic heterocycles. The van der Waals surface area contributed by atoms with Crippen molar-refractivity contribution in [2.75, 3.05) is 0 Å². The van der Waals surface area contributed by atoms with Crippen molar-refractivity contribution in [3.8, 4) is 0 Å². The summed E-state index contributed by atoms with van der Waals surface area (Å²) in [7, 11) is 0. The van der Waals surface area contributed by atoms with Gasteiger partial charge in [0.25, 0.3) is 0 Å². The first-order chi connectivity index (χ1) is 9.34. The van der Waals surface area contributed by atoms with Gasteiger partial charge in [0, 0.05) is 11.6 Å². The van der Waals surface area contributed by atoms with Crippen molar-refractivity contribution in [3.63, 3.8) is 0 Å². The zero-order valence-electron chi connectivity index (χ0n) is 10.4. The van der Waals surface area contributed by atoms with E-state index in [1.807, 2.05) is 47.2 Å². The fraction of sp³-hybridized carbons (Fsp3) is 0.125. The topological polar surface area (TPSA) is 14.2 Å². The average Bonchev–Trinajstić information content (AvgIpc) is 2.85. The highest BCUT2D eigenvalue weighted by Gasteiger charge is 2.04. The predicted octanol–water partition coefficient (Wildman–Crippen LogP) is 3.95. The van der Waals surface area contributed by atoms with Crippen molar-refractivity contribution in [3.05, 3.63) is 72.2 Å². The molecule has 0 atom stereocenters. The van der Waals surface area contributed by atoms with Crippen LogP contribution in [0.1, 0.15) is 5.56 Å². The molecule has 0 aliphatic heterocycles. The molecular weight excluding hydrogens is 241 g/mol. The number of rotatable bonds is 4. The van der Waals surface area contributed by atoms with Crippen LogP contribution in [0.5, 0.6) is 0 Å². The minimum atomic E-state index is -0.195. The van der Waals surface area contributed by atoms with Crippen molar-refractivity contribution < 1.29 is 9.13 Å². The van der Waals surface area contributed by atoms with E-state index in [0.29, 0.717) is 18.7 Å². The molecule has 0 bridgehead atoms. The van der Waals surface area contributed by atoms with Crippen LogP contribution in [-0.4, -0.2) is 4.57 Å². The first-order valence-corrected chi connectivity index (χ1v) is 6.19. The summed E-state index contributed by atoms with van der Waals surface area (Å²) in [6.45, 7) is 0.970. The summed E-state index contributed by atoms with van der Waals surface area (Å²) in [6, 6.07) is 16.8. The molecule has 0 saturated carbocycles. The minimum absolute atomic E-state index is 0.195. The fourth-order valence-corrected chi connectivity index (χ4v) is 2.13. The predicted molar refractivity (Wildman–Crippen MR) is 73.1 cm³/mol. The van der Waals surface area contributed by atoms with Crippen molar-refractivity contribution >= 4 is 10.9 Å². The van der Waals surface area contributed by atoms with E-state index in [-0.39, 0.29) is 5.82 Å². The number of halogens is 1. The molecular formula is C16H14FNO. The maximum Gasteiger partial charge on any atom is 0.132 e. The van der Waals surface area contributed by atoms with Gasteiger partial charge in [-0.25, -0.2) is 4.39 Å². The zero-order chi connectivity index (χ0) is 13.1. The standard InChI is InChI=1S/C16H14FNO/c17-15-7-4-8-16-14(15)9-10-18(16)12-19-11-13-5-2-1-3-6-13/h1-10H,11-12H2. The molecule has 2 nitrogen and oxygen atoms in total. The lowest BCUT2D eigenvalue weighted by Crippen LogP contribution is -2.01. The monoisotopic (exact) mass is 255 g/mol. The van der Waals surface area contributed by atoms with Crippen molar-refractivity contribution in [2.45, 2.75) is 13.3 Å². The Bertz CT molecular complexity index is 676. The van der Waals surface area contributed by atoms with Gasteiger partial charge in [-0.15, -0.1) is 0 Å². The highest BCUT2D eigenvalue weighted by Crippen LogP contribution is 2.19. The second-order valence-electron chi connectivity index (χ2n) is 4.42. The van der Waals surface area contributed by atoms with Gasteiger partial charge in [-0.05, 0) is 23.8 Å². The van der Waals surface area contributed by atoms with Gasteiger partial charge in [0.05, 0.1) is 12.1 Å². The summed E-state index contributed by atoms with van der Waals surface area (Å²) < 4.78 is 21.1. The summed E-state index contributed by atoms with van der Waals surface area (Å²) in [6.07, 6.45) is 1.85. The maximum absolute atomic E-state index is 13.5. The van der Waals surface area contributed by atoms with E-state index in [1.54, 1.807) is 12.1 Å². The van der Waals surface area contributed by atoms with Gasteiger partial charge >= 0.3 is 0 Å². The van der Waals surface area contributed by atoms with Gasteiger partial charge in [-0.3, -0.25) is 0 Å². The van der Waals surface area contributed by atoms with E-state index in [9.17, 15) is 4.39 Å². The van der Waals surface area contributed by atoms with Crippen LogP contribution < -0.4 is 0 Å². The summed E-state index contributed by atoms with van der Waals surface area (Å²) >= 11 is 0. The molecule has 0 saturated heterocycles. The normalized spacial score (nSPS) is 11.0. The zero-order valence-corrected chi connectivity index (χ0v) is 10.4. The van der Waals surface area contributed by atoms with Crippen LogP contribution in [-0.2, 0) is 18.1 Å². The van der Waals surface area contributed by atoms with Gasteiger partial charge < -0.3 is 9.30 Å². The van der Waals surface area contributed by atoms with Crippen molar-refractivity contribution in [1.29, 1.82) is 0 Å². The smallest absolute Gasteiger partial charge is 0.132 e. The number of hydrogen-bond acceptors (Lipinski definition) is 1. The molecule has 0 aliphatic carbocycles. The molecule has 0 N–H and O–H groups in total. The third kappa shape index (κ3) is 2.51. The first kappa shape index (κ1) is 11.9. The Morgan fingerprint density at radius 1 is 0.947 bits per heavy atom. The second kappa shape index (κ2) is 5.24. The number of ether oxygens (including phenoxy) is 1. The van der Waals surface area contributed by atoms with Gasteiger partial charge in [-0.1, -0.05) is 36.4 Å². The molecule has 0 spiro atoms. The van der Waals surface area contributed by atoms with Crippen LogP contribution in [0.2, 0.25) is 0 Å². The van der Waals surface area contributed by atoms with Crippen LogP contribution in [0.3, 0.4) is 0 Å². The highest BCUT2D eigenvalue weighted by atomic mass is 19.1. The second-order valence-corrected chi connectivity index (χ2v) is 4.42. The molecule has 19 heavy (non-hydrogen) atoms. The Balaban J connectivity index is 1.71. The molecule has 96 valence electrons. The van der Waals surface area contributed by atoms with E-state index in [1.165, 1.54) is 6.07 Å². The van der Waals surface area contributed by atoms with E-state index in [0.717, 1.165) is 11.1 Å². The van der Waals surface area contributed by atoms with E-state index in [4.69, 9.17) is 4.74 Å². The van der Waals surface area contributed by atoms with Gasteiger partial charge in [0.15, 0.2) is 0 Å². The number of benzene rings is 2. The molecule has 0 aliphatic rings. The Hall–Kier alpha value is -2.13. The lowest BCUT2D eigenvalue weighted by atomic mass is 10.2. The largest absolute Gasteiger partial charge is 0.356 e. The summed E-state index contributed by atoms with van der Waals surface area (Å²) in [5.74, 6) is -0.195. The lowest BCUT2D eigenvalue weighted by molar-refractivity contribution is 0.0668. The Kier molecular flexibility index (Phi) is 3.29. The van der Waals surface area contributed by atoms with E-state index >= 15 is 0 Å². The molecule has 2 aromatic carbocycles. The molecule has 0 amide bonds. The average molecular weight is 255 g/mol. The third-order valence-corrected chi connectivity index (χ3v) is 3.10. The Morgan fingerprint density at radius 2 is 1.79 bits per heavy atom. The molecule has 0 radical (unpaired) electrons. The van der Waals surface area contributed by atoms with Gasteiger partial charge in [0.2, 0.25) is 0 Å². The highest BCUT2D eigenvalue weighted by molar-refractivity contribution is 5.80. The molecule has 3 heteroatoms. The molecule has 1 heterocycles. The summed E-state index contributed by atoms with van der Waals surface area (Å²) in [5, 5.41) is 0.630. The molecule has 0 unspecified atom stereocenters. The van der Waals surface area contributed by atoms with E-state index < -0.39 is 0 Å². The lowest BCUT2D eigenvalue weighted by Gasteiger charge is -2.07. The number of fused-ring (bicyclic) bond motifs is 1. The first-order valence-electron chi connectivity index (χ1n) is 6.19. The van der Waals surface area contributed by atoms with Crippen LogP contribution in [0.25, 0.3) is 10.9 Å².